The number of aromatic nitrogens is 1. The Hall–Kier alpha value is -1.56. The molecule has 2 aromatic rings. The fourth-order valence-electron chi connectivity index (χ4n) is 1.13. The monoisotopic (exact) mass is 270 g/mol. The zero-order valence-corrected chi connectivity index (χ0v) is 9.11. The molecular weight excluding hydrogens is 264 g/mol. The smallest absolute Gasteiger partial charge is 0.323 e. The van der Waals surface area contributed by atoms with E-state index in [-0.39, 0.29) is 12.6 Å². The predicted molar refractivity (Wildman–Crippen MR) is 57.8 cm³/mol. The van der Waals surface area contributed by atoms with Gasteiger partial charge >= 0.3 is 5.97 Å². The van der Waals surface area contributed by atoms with Crippen LogP contribution in [0, 0.1) is 0 Å². The van der Waals surface area contributed by atoms with Crippen molar-refractivity contribution in [1.82, 2.24) is 4.98 Å². The predicted octanol–water partition coefficient (Wildman–Crippen LogP) is 2.09. The first-order valence-electron chi connectivity index (χ1n) is 4.17. The van der Waals surface area contributed by atoms with E-state index in [1.165, 1.54) is 0 Å². The van der Waals surface area contributed by atoms with Gasteiger partial charge in [-0.25, -0.2) is 0 Å². The lowest BCUT2D eigenvalue weighted by Crippen LogP contribution is -2.12. The summed E-state index contributed by atoms with van der Waals surface area (Å²) in [6, 6.07) is 5.61. The fourth-order valence-corrected chi connectivity index (χ4v) is 1.47. The van der Waals surface area contributed by atoms with Crippen molar-refractivity contribution in [2.24, 2.45) is 0 Å². The summed E-state index contributed by atoms with van der Waals surface area (Å²) in [7, 11) is 0. The molecule has 15 heavy (non-hydrogen) atoms. The maximum Gasteiger partial charge on any atom is 0.323 e. The molecule has 6 heteroatoms. The van der Waals surface area contributed by atoms with E-state index in [2.05, 4.69) is 26.2 Å². The van der Waals surface area contributed by atoms with E-state index in [4.69, 9.17) is 9.52 Å². The molecule has 0 saturated heterocycles. The molecule has 0 aliphatic rings. The lowest BCUT2D eigenvalue weighted by molar-refractivity contribution is -0.134. The summed E-state index contributed by atoms with van der Waals surface area (Å²) in [6.45, 7) is -0.214. The molecule has 0 amide bonds. The molecule has 2 N–H and O–H groups in total. The Kier molecular flexibility index (Phi) is 2.59. The standard InChI is InChI=1S/C9H7BrN2O3/c10-5-1-2-6-7(3-5)15-9(12-6)11-4-8(13)14/h1-3H,4H2,(H,11,12)(H,13,14). The molecule has 1 aromatic heterocycles. The number of benzene rings is 1. The summed E-state index contributed by atoms with van der Waals surface area (Å²) in [5.41, 5.74) is 1.29. The van der Waals surface area contributed by atoms with E-state index in [1.54, 1.807) is 12.1 Å². The van der Waals surface area contributed by atoms with Gasteiger partial charge in [0, 0.05) is 4.47 Å². The van der Waals surface area contributed by atoms with Crippen molar-refractivity contribution >= 4 is 39.0 Å². The van der Waals surface area contributed by atoms with Crippen LogP contribution in [0.4, 0.5) is 6.01 Å². The zero-order valence-electron chi connectivity index (χ0n) is 7.53. The summed E-state index contributed by atoms with van der Waals surface area (Å²) in [5.74, 6) is -0.960. The van der Waals surface area contributed by atoms with Gasteiger partial charge in [0.1, 0.15) is 12.1 Å². The van der Waals surface area contributed by atoms with Crippen LogP contribution in [0.2, 0.25) is 0 Å². The molecule has 0 bridgehead atoms. The molecule has 1 heterocycles. The third-order valence-electron chi connectivity index (χ3n) is 1.74. The summed E-state index contributed by atoms with van der Waals surface area (Å²) in [5, 5.41) is 11.0. The van der Waals surface area contributed by atoms with Gasteiger partial charge in [0.2, 0.25) is 0 Å². The average molecular weight is 271 g/mol. The van der Waals surface area contributed by atoms with E-state index in [0.717, 1.165) is 4.47 Å². The minimum absolute atomic E-state index is 0.213. The van der Waals surface area contributed by atoms with Gasteiger partial charge in [-0.2, -0.15) is 4.98 Å². The first-order chi connectivity index (χ1) is 7.15. The molecule has 1 aromatic carbocycles. The molecule has 0 aliphatic heterocycles. The number of rotatable bonds is 3. The van der Waals surface area contributed by atoms with Crippen LogP contribution < -0.4 is 5.32 Å². The van der Waals surface area contributed by atoms with E-state index >= 15 is 0 Å². The first kappa shape index (κ1) is 9.97. The molecule has 0 unspecified atom stereocenters. The molecule has 0 spiro atoms. The first-order valence-corrected chi connectivity index (χ1v) is 4.96. The maximum absolute atomic E-state index is 10.3. The lowest BCUT2D eigenvalue weighted by atomic mass is 10.3. The number of hydrogen-bond acceptors (Lipinski definition) is 4. The number of carboxylic acids is 1. The Bertz CT molecular complexity index is 509. The quantitative estimate of drug-likeness (QED) is 0.893. The number of aliphatic carboxylic acids is 1. The Morgan fingerprint density at radius 2 is 2.40 bits per heavy atom. The van der Waals surface area contributed by atoms with E-state index < -0.39 is 5.97 Å². The minimum Gasteiger partial charge on any atom is -0.480 e. The van der Waals surface area contributed by atoms with Crippen molar-refractivity contribution in [3.8, 4) is 0 Å². The SMILES string of the molecule is O=C(O)CNc1nc2ccc(Br)cc2o1. The largest absolute Gasteiger partial charge is 0.480 e. The van der Waals surface area contributed by atoms with Crippen LogP contribution in [-0.4, -0.2) is 22.6 Å². The van der Waals surface area contributed by atoms with Gasteiger partial charge in [0.25, 0.3) is 6.01 Å². The summed E-state index contributed by atoms with van der Waals surface area (Å²) < 4.78 is 6.17. The number of carbonyl (C=O) groups is 1. The lowest BCUT2D eigenvalue weighted by Gasteiger charge is -1.93. The number of fused-ring (bicyclic) bond motifs is 1. The number of oxazole rings is 1. The highest BCUT2D eigenvalue weighted by Crippen LogP contribution is 2.22. The minimum atomic E-state index is -0.960. The Balaban J connectivity index is 2.27. The third-order valence-corrected chi connectivity index (χ3v) is 2.23. The highest BCUT2D eigenvalue weighted by molar-refractivity contribution is 9.10. The topological polar surface area (TPSA) is 75.4 Å². The summed E-state index contributed by atoms with van der Waals surface area (Å²) >= 11 is 3.30. The molecule has 0 radical (unpaired) electrons. The van der Waals surface area contributed by atoms with Gasteiger partial charge in [-0.15, -0.1) is 0 Å². The van der Waals surface area contributed by atoms with Gasteiger partial charge in [-0.1, -0.05) is 15.9 Å². The number of nitrogens with zero attached hydrogens (tertiary/aromatic N) is 1. The molecule has 0 atom stereocenters. The molecule has 0 fully saturated rings. The van der Waals surface area contributed by atoms with Crippen LogP contribution in [0.1, 0.15) is 0 Å². The van der Waals surface area contributed by atoms with Gasteiger partial charge < -0.3 is 14.8 Å². The van der Waals surface area contributed by atoms with Crippen LogP contribution in [0.15, 0.2) is 27.1 Å². The van der Waals surface area contributed by atoms with Crippen LogP contribution in [-0.2, 0) is 4.79 Å². The number of hydrogen-bond donors (Lipinski definition) is 2. The van der Waals surface area contributed by atoms with Crippen molar-refractivity contribution in [2.75, 3.05) is 11.9 Å². The number of anilines is 1. The number of halogens is 1. The Morgan fingerprint density at radius 1 is 1.60 bits per heavy atom. The Labute approximate surface area is 93.2 Å². The van der Waals surface area contributed by atoms with Gasteiger partial charge in [-0.05, 0) is 18.2 Å². The van der Waals surface area contributed by atoms with E-state index in [9.17, 15) is 4.79 Å². The second-order valence-electron chi connectivity index (χ2n) is 2.88. The van der Waals surface area contributed by atoms with Crippen LogP contribution >= 0.6 is 15.9 Å². The third kappa shape index (κ3) is 2.27. The summed E-state index contributed by atoms with van der Waals surface area (Å²) in [4.78, 5) is 14.4. The molecule has 0 saturated carbocycles. The maximum atomic E-state index is 10.3. The highest BCUT2D eigenvalue weighted by Gasteiger charge is 2.06. The second kappa shape index (κ2) is 3.90. The molecule has 0 aliphatic carbocycles. The Morgan fingerprint density at radius 3 is 3.13 bits per heavy atom. The van der Waals surface area contributed by atoms with E-state index in [1.807, 2.05) is 6.07 Å². The fraction of sp³-hybridized carbons (Fsp3) is 0.111. The van der Waals surface area contributed by atoms with Crippen LogP contribution in [0.3, 0.4) is 0 Å². The number of nitrogens with one attached hydrogen (secondary N) is 1. The average Bonchev–Trinajstić information content (AvgIpc) is 2.56. The normalized spacial score (nSPS) is 10.5. The number of carboxylic acid groups (broad SMARTS) is 1. The molecule has 2 rings (SSSR count). The van der Waals surface area contributed by atoms with E-state index in [0.29, 0.717) is 11.1 Å². The van der Waals surface area contributed by atoms with Gasteiger partial charge in [0.05, 0.1) is 0 Å². The second-order valence-corrected chi connectivity index (χ2v) is 3.79. The van der Waals surface area contributed by atoms with Crippen LogP contribution in [0.25, 0.3) is 11.1 Å². The molecular formula is C9H7BrN2O3. The zero-order chi connectivity index (χ0) is 10.8. The van der Waals surface area contributed by atoms with Crippen molar-refractivity contribution in [3.05, 3.63) is 22.7 Å². The van der Waals surface area contributed by atoms with Crippen molar-refractivity contribution < 1.29 is 14.3 Å². The van der Waals surface area contributed by atoms with Gasteiger partial charge in [0.15, 0.2) is 5.58 Å². The van der Waals surface area contributed by atoms with Crippen LogP contribution in [0.5, 0.6) is 0 Å². The van der Waals surface area contributed by atoms with Crippen molar-refractivity contribution in [2.45, 2.75) is 0 Å². The highest BCUT2D eigenvalue weighted by atomic mass is 79.9. The molecule has 5 nitrogen and oxygen atoms in total. The van der Waals surface area contributed by atoms with Gasteiger partial charge in [-0.3, -0.25) is 4.79 Å². The van der Waals surface area contributed by atoms with Crippen molar-refractivity contribution in [3.63, 3.8) is 0 Å². The summed E-state index contributed by atoms with van der Waals surface area (Å²) in [6.07, 6.45) is 0. The molecule has 78 valence electrons. The van der Waals surface area contributed by atoms with Crippen molar-refractivity contribution in [1.29, 1.82) is 0 Å².